The van der Waals surface area contributed by atoms with Crippen molar-refractivity contribution in [3.8, 4) is 0 Å². The number of rotatable bonds is 8. The second-order valence-electron chi connectivity index (χ2n) is 5.87. The van der Waals surface area contributed by atoms with E-state index in [1.54, 1.807) is 0 Å². The van der Waals surface area contributed by atoms with Gasteiger partial charge < -0.3 is 10.4 Å². The van der Waals surface area contributed by atoms with Crippen LogP contribution in [0.2, 0.25) is 0 Å². The lowest BCUT2D eigenvalue weighted by Gasteiger charge is -2.19. The highest BCUT2D eigenvalue weighted by atomic mass is 32.2. The number of aliphatic hydroxyl groups excluding tert-OH is 1. The Kier molecular flexibility index (Phi) is 6.14. The highest BCUT2D eigenvalue weighted by molar-refractivity contribution is 7.89. The minimum atomic E-state index is -3.80. The molecular formula is C15H23N3O5S. The average molecular weight is 357 g/mol. The molecule has 9 heteroatoms. The summed E-state index contributed by atoms with van der Waals surface area (Å²) in [6.07, 6.45) is 2.36. The van der Waals surface area contributed by atoms with Crippen LogP contribution in [0.25, 0.3) is 0 Å². The molecule has 8 nitrogen and oxygen atoms in total. The number of sulfonamides is 1. The molecule has 2 N–H and O–H groups in total. The third-order valence-electron chi connectivity index (χ3n) is 4.01. The van der Waals surface area contributed by atoms with E-state index in [1.165, 1.54) is 16.4 Å². The first-order chi connectivity index (χ1) is 11.4. The Balaban J connectivity index is 2.34. The second kappa shape index (κ2) is 7.91. The molecule has 134 valence electrons. The second-order valence-corrected chi connectivity index (χ2v) is 7.78. The van der Waals surface area contributed by atoms with Crippen molar-refractivity contribution in [2.45, 2.75) is 43.6 Å². The monoisotopic (exact) mass is 357 g/mol. The topological polar surface area (TPSA) is 113 Å². The highest BCUT2D eigenvalue weighted by Gasteiger charge is 2.31. The number of aliphatic hydroxyl groups is 1. The van der Waals surface area contributed by atoms with E-state index in [0.717, 1.165) is 25.3 Å². The molecule has 1 aromatic rings. The number of nitrogens with zero attached hydrogens (tertiary/aromatic N) is 2. The predicted molar refractivity (Wildman–Crippen MR) is 90.5 cm³/mol. The molecule has 0 aliphatic carbocycles. The van der Waals surface area contributed by atoms with Gasteiger partial charge in [-0.3, -0.25) is 10.1 Å². The van der Waals surface area contributed by atoms with Crippen LogP contribution in [0.3, 0.4) is 0 Å². The van der Waals surface area contributed by atoms with Gasteiger partial charge in [-0.25, -0.2) is 8.42 Å². The molecule has 0 aromatic heterocycles. The van der Waals surface area contributed by atoms with Gasteiger partial charge >= 0.3 is 0 Å². The van der Waals surface area contributed by atoms with E-state index < -0.39 is 21.1 Å². The van der Waals surface area contributed by atoms with E-state index in [1.807, 2.05) is 6.92 Å². The van der Waals surface area contributed by atoms with Crippen LogP contribution in [0, 0.1) is 10.1 Å². The maximum atomic E-state index is 12.8. The number of anilines is 1. The van der Waals surface area contributed by atoms with E-state index in [2.05, 4.69) is 5.32 Å². The van der Waals surface area contributed by atoms with E-state index in [4.69, 9.17) is 0 Å². The van der Waals surface area contributed by atoms with Crippen molar-refractivity contribution in [1.29, 1.82) is 0 Å². The van der Waals surface area contributed by atoms with Crippen LogP contribution < -0.4 is 5.32 Å². The van der Waals surface area contributed by atoms with Gasteiger partial charge in [-0.05, 0) is 25.3 Å². The molecule has 2 rings (SSSR count). The molecule has 1 fully saturated rings. The summed E-state index contributed by atoms with van der Waals surface area (Å²) in [6.45, 7) is 2.97. The van der Waals surface area contributed by atoms with Gasteiger partial charge in [-0.2, -0.15) is 4.31 Å². The summed E-state index contributed by atoms with van der Waals surface area (Å²) in [6, 6.07) is 3.74. The van der Waals surface area contributed by atoms with Crippen molar-refractivity contribution in [3.05, 3.63) is 28.3 Å². The van der Waals surface area contributed by atoms with Crippen LogP contribution in [-0.4, -0.2) is 48.5 Å². The van der Waals surface area contributed by atoms with Crippen molar-refractivity contribution < 1.29 is 18.4 Å². The molecule has 1 unspecified atom stereocenters. The Labute approximate surface area is 141 Å². The molecule has 0 spiro atoms. The summed E-state index contributed by atoms with van der Waals surface area (Å²) in [7, 11) is -3.80. The minimum Gasteiger partial charge on any atom is -0.391 e. The molecule has 24 heavy (non-hydrogen) atoms. The molecule has 1 atom stereocenters. The first-order valence-corrected chi connectivity index (χ1v) is 9.50. The van der Waals surface area contributed by atoms with Gasteiger partial charge in [0.2, 0.25) is 10.0 Å². The first-order valence-electron chi connectivity index (χ1n) is 8.06. The highest BCUT2D eigenvalue weighted by Crippen LogP contribution is 2.30. The largest absolute Gasteiger partial charge is 0.391 e. The smallest absolute Gasteiger partial charge is 0.270 e. The quantitative estimate of drug-likeness (QED) is 0.543. The lowest BCUT2D eigenvalue weighted by Crippen LogP contribution is -2.29. The zero-order valence-corrected chi connectivity index (χ0v) is 14.5. The fourth-order valence-corrected chi connectivity index (χ4v) is 4.42. The molecule has 1 heterocycles. The molecule has 0 bridgehead atoms. The van der Waals surface area contributed by atoms with Crippen molar-refractivity contribution >= 4 is 21.4 Å². The van der Waals surface area contributed by atoms with Crippen molar-refractivity contribution in [3.63, 3.8) is 0 Å². The number of nitro benzene ring substituents is 1. The van der Waals surface area contributed by atoms with Gasteiger partial charge in [0.25, 0.3) is 5.69 Å². The van der Waals surface area contributed by atoms with Crippen LogP contribution in [-0.2, 0) is 10.0 Å². The van der Waals surface area contributed by atoms with Crippen LogP contribution in [0.5, 0.6) is 0 Å². The Morgan fingerprint density at radius 3 is 2.62 bits per heavy atom. The standard InChI is InChI=1S/C15H23N3O5S/c1-2-5-13(19)11-16-14-7-6-12(18(20)21)10-15(14)24(22,23)17-8-3-4-9-17/h6-7,10,13,16,19H,2-5,8-9,11H2,1H3. The number of nitro groups is 1. The molecule has 0 amide bonds. The summed E-state index contributed by atoms with van der Waals surface area (Å²) in [5, 5.41) is 23.7. The summed E-state index contributed by atoms with van der Waals surface area (Å²) < 4.78 is 26.9. The maximum Gasteiger partial charge on any atom is 0.270 e. The Morgan fingerprint density at radius 2 is 2.04 bits per heavy atom. The number of nitrogens with one attached hydrogen (secondary N) is 1. The maximum absolute atomic E-state index is 12.8. The molecule has 1 aliphatic heterocycles. The normalized spacial score (nSPS) is 16.9. The van der Waals surface area contributed by atoms with Crippen molar-refractivity contribution in [2.24, 2.45) is 0 Å². The third kappa shape index (κ3) is 4.22. The predicted octanol–water partition coefficient (Wildman–Crippen LogP) is 1.95. The number of non-ortho nitro benzene ring substituents is 1. The number of hydrogen-bond acceptors (Lipinski definition) is 6. The lowest BCUT2D eigenvalue weighted by molar-refractivity contribution is -0.385. The molecule has 1 aliphatic rings. The number of benzene rings is 1. The average Bonchev–Trinajstić information content (AvgIpc) is 3.08. The van der Waals surface area contributed by atoms with Crippen molar-refractivity contribution in [2.75, 3.05) is 25.0 Å². The minimum absolute atomic E-state index is 0.109. The fourth-order valence-electron chi connectivity index (χ4n) is 2.71. The van der Waals surface area contributed by atoms with Gasteiger partial charge in [0, 0.05) is 31.8 Å². The SMILES string of the molecule is CCCC(O)CNc1ccc([N+](=O)[O-])cc1S(=O)(=O)N1CCCC1. The van der Waals surface area contributed by atoms with Gasteiger partial charge in [0.1, 0.15) is 4.90 Å². The zero-order valence-electron chi connectivity index (χ0n) is 13.6. The first kappa shape index (κ1) is 18.6. The lowest BCUT2D eigenvalue weighted by atomic mass is 10.2. The van der Waals surface area contributed by atoms with E-state index in [9.17, 15) is 23.6 Å². The van der Waals surface area contributed by atoms with Gasteiger partial charge in [0.15, 0.2) is 0 Å². The molecule has 1 aromatic carbocycles. The summed E-state index contributed by atoms with van der Waals surface area (Å²) in [4.78, 5) is 10.3. The van der Waals surface area contributed by atoms with Gasteiger partial charge in [-0.1, -0.05) is 13.3 Å². The summed E-state index contributed by atoms with van der Waals surface area (Å²) in [5.41, 5.74) is 0.00933. The van der Waals surface area contributed by atoms with Gasteiger partial charge in [-0.15, -0.1) is 0 Å². The van der Waals surface area contributed by atoms with Crippen molar-refractivity contribution in [1.82, 2.24) is 4.31 Å². The zero-order chi connectivity index (χ0) is 17.7. The molecule has 1 saturated heterocycles. The Morgan fingerprint density at radius 1 is 1.38 bits per heavy atom. The van der Waals surface area contributed by atoms with Gasteiger partial charge in [0.05, 0.1) is 16.7 Å². The van der Waals surface area contributed by atoms with Crippen LogP contribution in [0.4, 0.5) is 11.4 Å². The molecule has 0 saturated carbocycles. The Bertz CT molecular complexity index is 686. The summed E-state index contributed by atoms with van der Waals surface area (Å²) >= 11 is 0. The number of hydrogen-bond donors (Lipinski definition) is 2. The third-order valence-corrected chi connectivity index (χ3v) is 5.95. The van der Waals surface area contributed by atoms with E-state index in [-0.39, 0.29) is 22.8 Å². The van der Waals surface area contributed by atoms with Crippen LogP contribution in [0.15, 0.2) is 23.1 Å². The molecule has 0 radical (unpaired) electrons. The summed E-state index contributed by atoms with van der Waals surface area (Å²) in [5.74, 6) is 0. The Hall–Kier alpha value is -1.71. The van der Waals surface area contributed by atoms with Crippen LogP contribution in [0.1, 0.15) is 32.6 Å². The van der Waals surface area contributed by atoms with E-state index >= 15 is 0 Å². The fraction of sp³-hybridized carbons (Fsp3) is 0.600. The van der Waals surface area contributed by atoms with E-state index in [0.29, 0.717) is 19.5 Å². The van der Waals surface area contributed by atoms with Crippen LogP contribution >= 0.6 is 0 Å². The molecular weight excluding hydrogens is 334 g/mol.